The number of rotatable bonds is 24. The number of nitrogens with zero attached hydrogens (tertiary/aromatic N) is 3. The molecule has 0 aliphatic rings. The average Bonchev–Trinajstić information content (AvgIpc) is 3.39. The van der Waals surface area contributed by atoms with Crippen LogP contribution in [0.4, 0.5) is 0 Å². The smallest absolute Gasteiger partial charge is 0.106 e. The van der Waals surface area contributed by atoms with Gasteiger partial charge in [-0.2, -0.15) is 0 Å². The molecule has 0 fully saturated rings. The molecule has 3 aromatic heterocycles. The molecule has 78 heavy (non-hydrogen) atoms. The van der Waals surface area contributed by atoms with Gasteiger partial charge in [0, 0.05) is 28.1 Å². The predicted molar refractivity (Wildman–Crippen MR) is 346 cm³/mol. The van der Waals surface area contributed by atoms with Gasteiger partial charge in [0.2, 0.25) is 0 Å². The summed E-state index contributed by atoms with van der Waals surface area (Å²) >= 11 is 3.51. The number of nitrogens with two attached hydrogens (primary N) is 2. The first-order valence-corrected chi connectivity index (χ1v) is 31.3. The van der Waals surface area contributed by atoms with Crippen LogP contribution in [0.25, 0.3) is 33.8 Å². The number of benzene rings is 3. The molecule has 0 bridgehead atoms. The first-order chi connectivity index (χ1) is 37.0. The van der Waals surface area contributed by atoms with E-state index in [2.05, 4.69) is 225 Å². The van der Waals surface area contributed by atoms with Crippen molar-refractivity contribution in [2.75, 3.05) is 13.1 Å². The van der Waals surface area contributed by atoms with E-state index in [0.29, 0.717) is 53.3 Å². The van der Waals surface area contributed by atoms with Crippen molar-refractivity contribution in [1.82, 2.24) is 15.0 Å². The van der Waals surface area contributed by atoms with Gasteiger partial charge in [-0.3, -0.25) is 9.97 Å². The Hall–Kier alpha value is -4.49. The van der Waals surface area contributed by atoms with Gasteiger partial charge < -0.3 is 11.5 Å². The van der Waals surface area contributed by atoms with Crippen molar-refractivity contribution in [3.63, 3.8) is 0 Å². The SMILES string of the molecule is CC(C)c1cc(C(C)C)c(-c2cccc(Br)n2)c(C(C)C)c1.CC(C)c1cc(C(C)C)c(-c2cccc(CCCCCCCc3cccc(-c4c(C(C)C)cc(C(C)C)cc4C(C)C)n3)n2)c(C(C)C)c1.NCCCCCN. The second-order valence-corrected chi connectivity index (χ2v) is 25.7. The summed E-state index contributed by atoms with van der Waals surface area (Å²) in [5, 5.41) is 0. The molecule has 6 heteroatoms. The Labute approximate surface area is 485 Å². The minimum absolute atomic E-state index is 0.459. The van der Waals surface area contributed by atoms with Gasteiger partial charge in [0.1, 0.15) is 4.60 Å². The van der Waals surface area contributed by atoms with Crippen LogP contribution in [0, 0.1) is 0 Å². The molecule has 0 saturated carbocycles. The molecule has 0 unspecified atom stereocenters. The van der Waals surface area contributed by atoms with Crippen LogP contribution in [0.2, 0.25) is 0 Å². The van der Waals surface area contributed by atoms with E-state index in [-0.39, 0.29) is 0 Å². The number of aryl methyl sites for hydroxylation is 2. The first-order valence-electron chi connectivity index (χ1n) is 30.5. The molecule has 0 spiro atoms. The van der Waals surface area contributed by atoms with Gasteiger partial charge in [0.05, 0.1) is 17.1 Å². The summed E-state index contributed by atoms with van der Waals surface area (Å²) in [5.41, 5.74) is 33.1. The van der Waals surface area contributed by atoms with Crippen molar-refractivity contribution in [1.29, 1.82) is 0 Å². The van der Waals surface area contributed by atoms with Crippen LogP contribution in [-0.2, 0) is 12.8 Å². The molecule has 3 heterocycles. The molecule has 0 saturated heterocycles. The fourth-order valence-electron chi connectivity index (χ4n) is 10.4. The average molecular weight is 1120 g/mol. The summed E-state index contributed by atoms with van der Waals surface area (Å²) in [5.74, 6) is 4.38. The van der Waals surface area contributed by atoms with E-state index < -0.39 is 0 Å². The quantitative estimate of drug-likeness (QED) is 0.0465. The number of aromatic nitrogens is 3. The van der Waals surface area contributed by atoms with E-state index in [4.69, 9.17) is 26.4 Å². The van der Waals surface area contributed by atoms with Crippen LogP contribution < -0.4 is 11.5 Å². The van der Waals surface area contributed by atoms with E-state index in [1.165, 1.54) is 117 Å². The van der Waals surface area contributed by atoms with E-state index in [9.17, 15) is 0 Å². The van der Waals surface area contributed by atoms with Crippen molar-refractivity contribution in [2.45, 2.75) is 242 Å². The van der Waals surface area contributed by atoms with Crippen LogP contribution in [0.3, 0.4) is 0 Å². The Kier molecular flexibility index (Phi) is 27.7. The lowest BCUT2D eigenvalue weighted by Gasteiger charge is -2.23. The largest absolute Gasteiger partial charge is 0.330 e. The standard InChI is InChI=1S/C47H66N2.C20H26BrN.C5H14N2/c1-30(2)36-26-40(32(5)6)46(41(27-36)33(7)8)44-24-18-22-38(48-44)20-16-14-13-15-17-21-39-23-19-25-45(49-39)47-42(34(9)10)28-37(31(3)4)29-43(47)35(11)12;1-12(2)15-10-16(13(3)4)20(17(11-15)14(5)6)18-8-7-9-19(21)22-18;6-4-2-1-3-5-7/h18-19,22-35H,13-17,20-21H2,1-12H3;7-14H,1-6H3;1-7H2. The van der Waals surface area contributed by atoms with Gasteiger partial charge in [-0.15, -0.1) is 0 Å². The molecule has 0 aliphatic heterocycles. The molecule has 6 aromatic rings. The zero-order chi connectivity index (χ0) is 57.8. The maximum absolute atomic E-state index is 5.25. The van der Waals surface area contributed by atoms with Crippen LogP contribution in [0.15, 0.2) is 95.6 Å². The second kappa shape index (κ2) is 32.7. The zero-order valence-corrected chi connectivity index (χ0v) is 53.8. The third-order valence-electron chi connectivity index (χ3n) is 15.3. The monoisotopic (exact) mass is 1120 g/mol. The van der Waals surface area contributed by atoms with Crippen LogP contribution in [-0.4, -0.2) is 28.0 Å². The maximum atomic E-state index is 5.25. The lowest BCUT2D eigenvalue weighted by molar-refractivity contribution is 0.607. The highest BCUT2D eigenvalue weighted by Gasteiger charge is 2.23. The number of unbranched alkanes of at least 4 members (excludes halogenated alkanes) is 6. The zero-order valence-electron chi connectivity index (χ0n) is 52.2. The van der Waals surface area contributed by atoms with E-state index in [0.717, 1.165) is 60.5 Å². The molecular formula is C72H106BrN5. The maximum Gasteiger partial charge on any atom is 0.106 e. The fourth-order valence-corrected chi connectivity index (χ4v) is 10.8. The third-order valence-corrected chi connectivity index (χ3v) is 15.7. The molecule has 426 valence electrons. The Bertz CT molecular complexity index is 2530. The van der Waals surface area contributed by atoms with E-state index >= 15 is 0 Å². The predicted octanol–water partition coefficient (Wildman–Crippen LogP) is 21.2. The lowest BCUT2D eigenvalue weighted by atomic mass is 9.83. The summed E-state index contributed by atoms with van der Waals surface area (Å²) in [7, 11) is 0. The molecule has 0 atom stereocenters. The van der Waals surface area contributed by atoms with Crippen molar-refractivity contribution < 1.29 is 0 Å². The summed E-state index contributed by atoms with van der Waals surface area (Å²) < 4.78 is 0.891. The molecular weight excluding hydrogens is 1010 g/mol. The molecule has 0 aliphatic carbocycles. The Balaban J connectivity index is 0.000000371. The Morgan fingerprint density at radius 1 is 0.321 bits per heavy atom. The number of halogens is 1. The summed E-state index contributed by atoms with van der Waals surface area (Å²) in [4.78, 5) is 15.2. The van der Waals surface area contributed by atoms with Crippen molar-refractivity contribution in [2.24, 2.45) is 11.5 Å². The molecule has 6 rings (SSSR count). The highest BCUT2D eigenvalue weighted by atomic mass is 79.9. The van der Waals surface area contributed by atoms with Gasteiger partial charge in [-0.05, 0) is 207 Å². The summed E-state index contributed by atoms with van der Waals surface area (Å²) in [6.45, 7) is 43.0. The topological polar surface area (TPSA) is 90.7 Å². The first kappa shape index (κ1) is 66.0. The van der Waals surface area contributed by atoms with Crippen molar-refractivity contribution >= 4 is 15.9 Å². The van der Waals surface area contributed by atoms with Crippen molar-refractivity contribution in [3.05, 3.63) is 157 Å². The normalized spacial score (nSPS) is 11.8. The second-order valence-electron chi connectivity index (χ2n) is 24.9. The molecule has 4 N–H and O–H groups in total. The molecule has 0 amide bonds. The van der Waals surface area contributed by atoms with Crippen LogP contribution in [0.1, 0.15) is 291 Å². The van der Waals surface area contributed by atoms with Gasteiger partial charge in [0.25, 0.3) is 0 Å². The van der Waals surface area contributed by atoms with Gasteiger partial charge in [-0.25, -0.2) is 4.98 Å². The van der Waals surface area contributed by atoms with Gasteiger partial charge in [0.15, 0.2) is 0 Å². The number of hydrogen-bond acceptors (Lipinski definition) is 5. The molecule has 3 aromatic carbocycles. The minimum atomic E-state index is 0.459. The van der Waals surface area contributed by atoms with Crippen LogP contribution in [0.5, 0.6) is 0 Å². The Morgan fingerprint density at radius 3 is 0.833 bits per heavy atom. The van der Waals surface area contributed by atoms with E-state index in [1.807, 2.05) is 6.07 Å². The minimum Gasteiger partial charge on any atom is -0.330 e. The lowest BCUT2D eigenvalue weighted by Crippen LogP contribution is -2.05. The fraction of sp³-hybridized carbons (Fsp3) is 0.542. The third kappa shape index (κ3) is 19.4. The Morgan fingerprint density at radius 2 is 0.577 bits per heavy atom. The highest BCUT2D eigenvalue weighted by Crippen LogP contribution is 2.41. The summed E-state index contributed by atoms with van der Waals surface area (Å²) in [6.07, 6.45) is 11.6. The van der Waals surface area contributed by atoms with E-state index in [1.54, 1.807) is 0 Å². The van der Waals surface area contributed by atoms with Crippen LogP contribution >= 0.6 is 15.9 Å². The van der Waals surface area contributed by atoms with Gasteiger partial charge >= 0.3 is 0 Å². The number of hydrogen-bond donors (Lipinski definition) is 2. The molecule has 0 radical (unpaired) electrons. The summed E-state index contributed by atoms with van der Waals surface area (Å²) in [6, 6.07) is 34.0. The number of pyridine rings is 3. The van der Waals surface area contributed by atoms with Crippen molar-refractivity contribution in [3.8, 4) is 33.8 Å². The van der Waals surface area contributed by atoms with Gasteiger partial charge in [-0.1, -0.05) is 205 Å². The molecule has 5 nitrogen and oxygen atoms in total. The highest BCUT2D eigenvalue weighted by molar-refractivity contribution is 9.10.